The van der Waals surface area contributed by atoms with Crippen LogP contribution < -0.4 is 5.32 Å². The van der Waals surface area contributed by atoms with Gasteiger partial charge in [-0.15, -0.1) is 0 Å². The van der Waals surface area contributed by atoms with E-state index in [2.05, 4.69) is 5.32 Å². The fourth-order valence-corrected chi connectivity index (χ4v) is 11.6. The molecule has 3 aliphatic carbocycles. The van der Waals surface area contributed by atoms with Crippen molar-refractivity contribution in [2.75, 3.05) is 6.61 Å². The van der Waals surface area contributed by atoms with Crippen molar-refractivity contribution in [3.8, 4) is 0 Å². The summed E-state index contributed by atoms with van der Waals surface area (Å²) in [6.45, 7) is 18.7. The van der Waals surface area contributed by atoms with Crippen molar-refractivity contribution in [2.45, 2.75) is 135 Å². The lowest BCUT2D eigenvalue weighted by Gasteiger charge is -2.65. The van der Waals surface area contributed by atoms with Gasteiger partial charge in [-0.25, -0.2) is 9.59 Å². The summed E-state index contributed by atoms with van der Waals surface area (Å²) in [5, 5.41) is 16.6. The number of aliphatic hydroxyl groups is 1. The fourth-order valence-electron chi connectivity index (χ4n) is 10.3. The number of carbonyl (C=O) groups is 6. The summed E-state index contributed by atoms with van der Waals surface area (Å²) in [6.07, 6.45) is -4.38. The summed E-state index contributed by atoms with van der Waals surface area (Å²) in [5.41, 5.74) is -5.81. The second-order valence-electron chi connectivity index (χ2n) is 20.7. The highest BCUT2D eigenvalue weighted by molar-refractivity contribution is 6.74. The molecule has 15 heteroatoms. The molecule has 1 unspecified atom stereocenters. The summed E-state index contributed by atoms with van der Waals surface area (Å²) in [5.74, 6) is -5.75. The van der Waals surface area contributed by atoms with Crippen LogP contribution in [0, 0.1) is 16.7 Å². The Hall–Kier alpha value is -5.74. The molecule has 0 spiro atoms. The molecule has 0 radical (unpaired) electrons. The fraction of sp³-hybridized carbons (Fsp3) is 0.472. The Labute approximate surface area is 398 Å². The Balaban J connectivity index is 1.43. The summed E-state index contributed by atoms with van der Waals surface area (Å²) in [4.78, 5) is 85.9. The maximum absolute atomic E-state index is 15.7. The van der Waals surface area contributed by atoms with Crippen molar-refractivity contribution < 1.29 is 62.0 Å². The van der Waals surface area contributed by atoms with Crippen LogP contribution in [0.4, 0.5) is 0 Å². The number of amides is 1. The SMILES string of the molecule is CC(=O)O[C@@H]1C(=O)[C@@]2(C)C=C[C@@H]3OC[C@]3(OC(C)=O)C2[C@@H](OC(=O)c2ccccc2)[C@@]2(O)C[C@@H](OC(=O)[C@@H](O[Si](C)(C)C(C)(C)C)[C@H](NC(=O)c3ccccc3)c3ccccc3)C(C)=C1C2(C)C. The first-order chi connectivity index (χ1) is 31.8. The average molecular weight is 950 g/mol. The van der Waals surface area contributed by atoms with Gasteiger partial charge in [0.25, 0.3) is 5.91 Å². The molecule has 3 aromatic carbocycles. The highest BCUT2D eigenvalue weighted by Crippen LogP contribution is 2.63. The Morgan fingerprint density at radius 3 is 1.93 bits per heavy atom. The summed E-state index contributed by atoms with van der Waals surface area (Å²) < 4.78 is 38.3. The minimum absolute atomic E-state index is 0.130. The van der Waals surface area contributed by atoms with Crippen molar-refractivity contribution in [3.05, 3.63) is 131 Å². The number of allylic oxidation sites excluding steroid dienone is 1. The molecular formula is C53H63NO13Si. The summed E-state index contributed by atoms with van der Waals surface area (Å²) >= 11 is 0. The predicted octanol–water partition coefficient (Wildman–Crippen LogP) is 7.57. The Morgan fingerprint density at radius 1 is 0.824 bits per heavy atom. The Morgan fingerprint density at radius 2 is 1.40 bits per heavy atom. The molecule has 2 N–H and O–H groups in total. The number of esters is 4. The van der Waals surface area contributed by atoms with Crippen LogP contribution in [-0.4, -0.2) is 97.3 Å². The lowest BCUT2D eigenvalue weighted by molar-refractivity contribution is -0.306. The van der Waals surface area contributed by atoms with E-state index in [-0.39, 0.29) is 17.7 Å². The third-order valence-electron chi connectivity index (χ3n) is 15.1. The van der Waals surface area contributed by atoms with E-state index in [0.29, 0.717) is 16.7 Å². The molecule has 2 fully saturated rings. The maximum atomic E-state index is 15.7. The average Bonchev–Trinajstić information content (AvgIpc) is 3.27. The molecule has 14 nitrogen and oxygen atoms in total. The molecule has 1 aliphatic heterocycles. The van der Waals surface area contributed by atoms with Gasteiger partial charge < -0.3 is 38.5 Å². The van der Waals surface area contributed by atoms with Crippen molar-refractivity contribution in [2.24, 2.45) is 16.7 Å². The van der Waals surface area contributed by atoms with Gasteiger partial charge in [-0.2, -0.15) is 0 Å². The molecule has 1 saturated carbocycles. The molecule has 68 heavy (non-hydrogen) atoms. The Kier molecular flexibility index (Phi) is 13.5. The molecule has 4 aliphatic rings. The van der Waals surface area contributed by atoms with Crippen LogP contribution in [0.1, 0.15) is 101 Å². The molecule has 3 aromatic rings. The number of benzene rings is 3. The quantitative estimate of drug-likeness (QED) is 0.0784. The second kappa shape index (κ2) is 18.3. The molecule has 0 aromatic heterocycles. The van der Waals surface area contributed by atoms with Crippen molar-refractivity contribution >= 4 is 43.9 Å². The lowest BCUT2D eigenvalue weighted by Crippen LogP contribution is -2.78. The van der Waals surface area contributed by atoms with Gasteiger partial charge in [0, 0.05) is 31.2 Å². The number of ether oxygens (including phenoxy) is 5. The zero-order valence-corrected chi connectivity index (χ0v) is 41.6. The first-order valence-corrected chi connectivity index (χ1v) is 25.9. The van der Waals surface area contributed by atoms with Gasteiger partial charge in [-0.1, -0.05) is 114 Å². The van der Waals surface area contributed by atoms with Crippen molar-refractivity contribution in [3.63, 3.8) is 0 Å². The number of fused-ring (bicyclic) bond motifs is 5. The second-order valence-corrected chi connectivity index (χ2v) is 25.5. The predicted molar refractivity (Wildman–Crippen MR) is 252 cm³/mol. The van der Waals surface area contributed by atoms with E-state index in [1.165, 1.54) is 6.92 Å². The smallest absolute Gasteiger partial charge is 0.338 e. The minimum Gasteiger partial charge on any atom is -0.456 e. The van der Waals surface area contributed by atoms with Gasteiger partial charge in [0.1, 0.15) is 23.9 Å². The summed E-state index contributed by atoms with van der Waals surface area (Å²) in [7, 11) is -2.91. The topological polar surface area (TPSA) is 190 Å². The zero-order valence-electron chi connectivity index (χ0n) is 40.6. The number of hydrogen-bond donors (Lipinski definition) is 2. The van der Waals surface area contributed by atoms with Gasteiger partial charge >= 0.3 is 23.9 Å². The number of hydrogen-bond acceptors (Lipinski definition) is 13. The van der Waals surface area contributed by atoms with Crippen molar-refractivity contribution in [1.82, 2.24) is 5.32 Å². The van der Waals surface area contributed by atoms with Crippen LogP contribution >= 0.6 is 0 Å². The maximum Gasteiger partial charge on any atom is 0.338 e. The normalized spacial score (nSPS) is 29.3. The van der Waals surface area contributed by atoms with E-state index >= 15 is 9.59 Å². The third kappa shape index (κ3) is 8.78. The van der Waals surface area contributed by atoms with E-state index in [4.69, 9.17) is 28.1 Å². The van der Waals surface area contributed by atoms with Gasteiger partial charge in [0.2, 0.25) is 0 Å². The molecular weight excluding hydrogens is 887 g/mol. The molecule has 7 rings (SSSR count). The van der Waals surface area contributed by atoms with Crippen LogP contribution in [0.3, 0.4) is 0 Å². The van der Waals surface area contributed by atoms with Crippen LogP contribution in [-0.2, 0) is 47.3 Å². The highest BCUT2D eigenvalue weighted by Gasteiger charge is 2.75. The van der Waals surface area contributed by atoms with E-state index in [1.54, 1.807) is 125 Å². The van der Waals surface area contributed by atoms with Gasteiger partial charge in [0.05, 0.1) is 29.5 Å². The van der Waals surface area contributed by atoms with Crippen LogP contribution in [0.15, 0.2) is 114 Å². The highest BCUT2D eigenvalue weighted by atomic mass is 28.4. The number of Topliss-reactive ketones (excluding diaryl/α,β-unsaturated/α-hetero) is 1. The number of carbonyl (C=O) groups excluding carboxylic acids is 6. The zero-order chi connectivity index (χ0) is 49.8. The van der Waals surface area contributed by atoms with Crippen LogP contribution in [0.5, 0.6) is 0 Å². The van der Waals surface area contributed by atoms with E-state index in [9.17, 15) is 24.3 Å². The monoisotopic (exact) mass is 949 g/mol. The number of nitrogens with one attached hydrogen (secondary N) is 1. The Bertz CT molecular complexity index is 2520. The number of ketones is 1. The minimum atomic E-state index is -2.91. The standard InChI is InChI=1S/C53H63NO13Si/c1-31-37(64-48(60)42(67-68(10,11)49(4,5)6)40(34-21-15-12-16-22-34)54-46(58)35-23-17-13-18-24-35)29-53(61)45(65-47(59)36-25-19-14-20-26-36)43-51(9,28-27-38-52(43,30-62-38)66-33(3)56)44(57)41(63-32(2)55)39(31)50(53,7)8/h12-28,37-38,40-43,45,61H,29-30H2,1-11H3,(H,54,58)/t37-,38+,40-,41+,42+,43?,45-,51+,52-,53+/m1/s1. The molecule has 2 bridgehead atoms. The molecule has 1 saturated heterocycles. The first-order valence-electron chi connectivity index (χ1n) is 23.0. The lowest BCUT2D eigenvalue weighted by atomic mass is 9.46. The van der Waals surface area contributed by atoms with Crippen LogP contribution in [0.2, 0.25) is 18.1 Å². The van der Waals surface area contributed by atoms with Gasteiger partial charge in [-0.05, 0) is 73.0 Å². The number of rotatable bonds is 12. The molecule has 1 heterocycles. The van der Waals surface area contributed by atoms with E-state index in [0.717, 1.165) is 6.92 Å². The van der Waals surface area contributed by atoms with Gasteiger partial charge in [0.15, 0.2) is 31.9 Å². The van der Waals surface area contributed by atoms with E-state index < -0.39 is 120 Å². The third-order valence-corrected chi connectivity index (χ3v) is 19.5. The van der Waals surface area contributed by atoms with E-state index in [1.807, 2.05) is 39.9 Å². The van der Waals surface area contributed by atoms with Crippen molar-refractivity contribution in [1.29, 1.82) is 0 Å². The summed E-state index contributed by atoms with van der Waals surface area (Å²) in [6, 6.07) is 24.5. The van der Waals surface area contributed by atoms with Crippen LogP contribution in [0.25, 0.3) is 0 Å². The molecule has 362 valence electrons. The largest absolute Gasteiger partial charge is 0.456 e. The molecule has 10 atom stereocenters. The van der Waals surface area contributed by atoms with Gasteiger partial charge in [-0.3, -0.25) is 19.2 Å². The molecule has 1 amide bonds. The first kappa shape index (κ1) is 50.1.